The molecule has 0 saturated heterocycles. The van der Waals surface area contributed by atoms with Crippen LogP contribution in [0.5, 0.6) is 0 Å². The number of rotatable bonds is 5. The van der Waals surface area contributed by atoms with Gasteiger partial charge in [0.1, 0.15) is 5.82 Å². The predicted molar refractivity (Wildman–Crippen MR) is 126 cm³/mol. The van der Waals surface area contributed by atoms with Crippen molar-refractivity contribution in [3.63, 3.8) is 0 Å². The molecular formula is C22H15BrFN3O3S2. The molecule has 0 unspecified atom stereocenters. The normalized spacial score (nSPS) is 11.3. The van der Waals surface area contributed by atoms with Crippen LogP contribution in [0, 0.1) is 5.82 Å². The topological polar surface area (TPSA) is 102 Å². The number of thiazole rings is 1. The molecule has 162 valence electrons. The van der Waals surface area contributed by atoms with Crippen LogP contribution in [-0.4, -0.2) is 19.3 Å². The van der Waals surface area contributed by atoms with E-state index >= 15 is 0 Å². The highest BCUT2D eigenvalue weighted by atomic mass is 79.9. The van der Waals surface area contributed by atoms with E-state index in [4.69, 9.17) is 5.14 Å². The van der Waals surface area contributed by atoms with E-state index in [-0.39, 0.29) is 16.6 Å². The number of carbonyl (C=O) groups is 1. The lowest BCUT2D eigenvalue weighted by atomic mass is 10.1. The Hall–Kier alpha value is -2.92. The zero-order valence-electron chi connectivity index (χ0n) is 16.2. The quantitative estimate of drug-likeness (QED) is 0.365. The summed E-state index contributed by atoms with van der Waals surface area (Å²) in [4.78, 5) is 17.9. The standard InChI is InChI=1S/C22H15BrFN3O3S2/c23-16-3-1-2-15(12-16)21(28)27-22-26-19(13-6-10-18(11-7-13)32(25,29)30)20(31-22)14-4-8-17(24)9-5-14/h1-12H,(H2,25,29,30)(H,26,27,28). The van der Waals surface area contributed by atoms with Crippen LogP contribution >= 0.6 is 27.3 Å². The van der Waals surface area contributed by atoms with Crippen LogP contribution in [-0.2, 0) is 10.0 Å². The Labute approximate surface area is 196 Å². The molecular weight excluding hydrogens is 517 g/mol. The largest absolute Gasteiger partial charge is 0.298 e. The zero-order chi connectivity index (χ0) is 22.9. The number of halogens is 2. The van der Waals surface area contributed by atoms with Crippen molar-refractivity contribution in [2.45, 2.75) is 4.90 Å². The monoisotopic (exact) mass is 531 g/mol. The van der Waals surface area contributed by atoms with E-state index in [2.05, 4.69) is 26.2 Å². The number of sulfonamides is 1. The molecule has 0 fully saturated rings. The van der Waals surface area contributed by atoms with Crippen molar-refractivity contribution in [1.29, 1.82) is 0 Å². The van der Waals surface area contributed by atoms with Gasteiger partial charge in [0.25, 0.3) is 5.91 Å². The number of amides is 1. The number of benzene rings is 3. The van der Waals surface area contributed by atoms with E-state index in [0.717, 1.165) is 4.47 Å². The smallest absolute Gasteiger partial charge is 0.257 e. The third kappa shape index (κ3) is 4.94. The molecule has 0 aliphatic heterocycles. The molecule has 0 radical (unpaired) electrons. The third-order valence-corrected chi connectivity index (χ3v) is 6.94. The molecule has 4 rings (SSSR count). The summed E-state index contributed by atoms with van der Waals surface area (Å²) < 4.78 is 37.3. The minimum atomic E-state index is -3.83. The van der Waals surface area contributed by atoms with Crippen LogP contribution in [0.1, 0.15) is 10.4 Å². The summed E-state index contributed by atoms with van der Waals surface area (Å²) in [7, 11) is -3.83. The van der Waals surface area contributed by atoms with Crippen molar-refractivity contribution >= 4 is 48.3 Å². The minimum Gasteiger partial charge on any atom is -0.298 e. The molecule has 4 aromatic rings. The lowest BCUT2D eigenvalue weighted by Gasteiger charge is -2.04. The molecule has 3 aromatic carbocycles. The third-order valence-electron chi connectivity index (χ3n) is 4.50. The van der Waals surface area contributed by atoms with Gasteiger partial charge in [-0.3, -0.25) is 10.1 Å². The fraction of sp³-hybridized carbons (Fsp3) is 0. The lowest BCUT2D eigenvalue weighted by molar-refractivity contribution is 0.102. The van der Waals surface area contributed by atoms with E-state index in [1.165, 1.54) is 35.6 Å². The zero-order valence-corrected chi connectivity index (χ0v) is 19.5. The highest BCUT2D eigenvalue weighted by Crippen LogP contribution is 2.39. The summed E-state index contributed by atoms with van der Waals surface area (Å²) in [5, 5.41) is 8.32. The van der Waals surface area contributed by atoms with E-state index in [1.807, 2.05) is 6.07 Å². The highest BCUT2D eigenvalue weighted by Gasteiger charge is 2.18. The first kappa shape index (κ1) is 22.3. The molecule has 0 bridgehead atoms. The molecule has 0 spiro atoms. The van der Waals surface area contributed by atoms with Crippen molar-refractivity contribution in [3.05, 3.63) is 88.6 Å². The Morgan fingerprint density at radius 3 is 2.28 bits per heavy atom. The van der Waals surface area contributed by atoms with Gasteiger partial charge in [-0.1, -0.05) is 57.6 Å². The van der Waals surface area contributed by atoms with Gasteiger partial charge in [-0.2, -0.15) is 0 Å². The minimum absolute atomic E-state index is 0.0250. The average molecular weight is 532 g/mol. The first-order chi connectivity index (χ1) is 15.2. The second-order valence-electron chi connectivity index (χ2n) is 6.74. The Bertz CT molecular complexity index is 1400. The van der Waals surface area contributed by atoms with E-state index in [9.17, 15) is 17.6 Å². The van der Waals surface area contributed by atoms with Crippen LogP contribution in [0.3, 0.4) is 0 Å². The summed E-state index contributed by atoms with van der Waals surface area (Å²) in [5.41, 5.74) is 2.30. The predicted octanol–water partition coefficient (Wildman–Crippen LogP) is 5.28. The second-order valence-corrected chi connectivity index (χ2v) is 10.2. The Morgan fingerprint density at radius 2 is 1.66 bits per heavy atom. The van der Waals surface area contributed by atoms with Crippen LogP contribution in [0.15, 0.2) is 82.2 Å². The summed E-state index contributed by atoms with van der Waals surface area (Å²) in [6.45, 7) is 0. The summed E-state index contributed by atoms with van der Waals surface area (Å²) in [5.74, 6) is -0.706. The first-order valence-corrected chi connectivity index (χ1v) is 12.3. The number of nitrogens with one attached hydrogen (secondary N) is 1. The van der Waals surface area contributed by atoms with Crippen LogP contribution in [0.2, 0.25) is 0 Å². The van der Waals surface area contributed by atoms with E-state index < -0.39 is 10.0 Å². The molecule has 0 saturated carbocycles. The maximum atomic E-state index is 13.4. The molecule has 6 nitrogen and oxygen atoms in total. The van der Waals surface area contributed by atoms with Gasteiger partial charge in [-0.05, 0) is 48.0 Å². The highest BCUT2D eigenvalue weighted by molar-refractivity contribution is 9.10. The van der Waals surface area contributed by atoms with Gasteiger partial charge < -0.3 is 0 Å². The average Bonchev–Trinajstić information content (AvgIpc) is 3.17. The van der Waals surface area contributed by atoms with Gasteiger partial charge >= 0.3 is 0 Å². The van der Waals surface area contributed by atoms with Gasteiger partial charge in [0, 0.05) is 15.6 Å². The molecule has 0 atom stereocenters. The van der Waals surface area contributed by atoms with Crippen molar-refractivity contribution in [2.75, 3.05) is 5.32 Å². The van der Waals surface area contributed by atoms with Crippen LogP contribution in [0.4, 0.5) is 9.52 Å². The molecule has 1 amide bonds. The number of nitrogens with zero attached hydrogens (tertiary/aromatic N) is 1. The summed E-state index contributed by atoms with van der Waals surface area (Å²) in [6.07, 6.45) is 0. The molecule has 0 aliphatic carbocycles. The van der Waals surface area contributed by atoms with Gasteiger partial charge in [0.2, 0.25) is 10.0 Å². The van der Waals surface area contributed by atoms with E-state index in [1.54, 1.807) is 42.5 Å². The lowest BCUT2D eigenvalue weighted by Crippen LogP contribution is -2.11. The molecule has 1 heterocycles. The number of carbonyl (C=O) groups excluding carboxylic acids is 1. The number of primary sulfonamides is 1. The molecule has 0 aliphatic rings. The SMILES string of the molecule is NS(=O)(=O)c1ccc(-c2nc(NC(=O)c3cccc(Br)c3)sc2-c2ccc(F)cc2)cc1. The summed E-state index contributed by atoms with van der Waals surface area (Å²) in [6, 6.07) is 18.8. The number of anilines is 1. The molecule has 3 N–H and O–H groups in total. The van der Waals surface area contributed by atoms with Crippen molar-refractivity contribution in [1.82, 2.24) is 4.98 Å². The number of nitrogens with two attached hydrogens (primary N) is 1. The van der Waals surface area contributed by atoms with Crippen molar-refractivity contribution in [3.8, 4) is 21.7 Å². The molecule has 32 heavy (non-hydrogen) atoms. The number of hydrogen-bond donors (Lipinski definition) is 2. The van der Waals surface area contributed by atoms with Crippen LogP contribution in [0.25, 0.3) is 21.7 Å². The van der Waals surface area contributed by atoms with Crippen molar-refractivity contribution in [2.24, 2.45) is 5.14 Å². The Kier molecular flexibility index (Phi) is 6.20. The summed E-state index contributed by atoms with van der Waals surface area (Å²) >= 11 is 4.57. The molecule has 1 aromatic heterocycles. The first-order valence-electron chi connectivity index (χ1n) is 9.17. The van der Waals surface area contributed by atoms with Gasteiger partial charge in [0.15, 0.2) is 5.13 Å². The maximum Gasteiger partial charge on any atom is 0.257 e. The fourth-order valence-corrected chi connectivity index (χ4v) is 4.87. The molecule has 10 heteroatoms. The second kappa shape index (κ2) is 8.91. The van der Waals surface area contributed by atoms with Gasteiger partial charge in [-0.15, -0.1) is 0 Å². The fourth-order valence-electron chi connectivity index (χ4n) is 2.97. The van der Waals surface area contributed by atoms with Gasteiger partial charge in [-0.25, -0.2) is 22.9 Å². The number of aromatic nitrogens is 1. The maximum absolute atomic E-state index is 13.4. The Morgan fingerprint density at radius 1 is 1.00 bits per heavy atom. The van der Waals surface area contributed by atoms with E-state index in [0.29, 0.717) is 32.4 Å². The van der Waals surface area contributed by atoms with Crippen molar-refractivity contribution < 1.29 is 17.6 Å². The van der Waals surface area contributed by atoms with Gasteiger partial charge in [0.05, 0.1) is 15.5 Å². The Balaban J connectivity index is 1.75. The number of hydrogen-bond acceptors (Lipinski definition) is 5. The van der Waals surface area contributed by atoms with Crippen LogP contribution < -0.4 is 10.5 Å².